The lowest BCUT2D eigenvalue weighted by Crippen LogP contribution is -2.08. The quantitative estimate of drug-likeness (QED) is 0.714. The molecule has 0 bridgehead atoms. The first-order valence-electron chi connectivity index (χ1n) is 6.09. The van der Waals surface area contributed by atoms with Crippen LogP contribution in [0.15, 0.2) is 45.3 Å². The van der Waals surface area contributed by atoms with E-state index in [-0.39, 0.29) is 6.04 Å². The first-order valence-corrected chi connectivity index (χ1v) is 8.05. The van der Waals surface area contributed by atoms with Crippen LogP contribution in [-0.4, -0.2) is 0 Å². The highest BCUT2D eigenvalue weighted by Gasteiger charge is 2.10. The van der Waals surface area contributed by atoms with E-state index in [2.05, 4.69) is 31.9 Å². The molecule has 2 aromatic rings. The Morgan fingerprint density at radius 3 is 2.45 bits per heavy atom. The Morgan fingerprint density at radius 2 is 1.80 bits per heavy atom. The first kappa shape index (κ1) is 15.8. The van der Waals surface area contributed by atoms with Crippen molar-refractivity contribution in [3.8, 4) is 5.75 Å². The number of halogens is 3. The topological polar surface area (TPSA) is 35.2 Å². The van der Waals surface area contributed by atoms with Gasteiger partial charge in [-0.05, 0) is 37.3 Å². The summed E-state index contributed by atoms with van der Waals surface area (Å²) in [6.45, 7) is 2.34. The summed E-state index contributed by atoms with van der Waals surface area (Å²) in [5.74, 6) is 0.780. The maximum absolute atomic E-state index is 6.18. The third-order valence-electron chi connectivity index (χ3n) is 2.86. The average Bonchev–Trinajstić information content (AvgIpc) is 2.38. The van der Waals surface area contributed by atoms with Gasteiger partial charge >= 0.3 is 0 Å². The molecule has 0 fully saturated rings. The predicted molar refractivity (Wildman–Crippen MR) is 90.2 cm³/mol. The van der Waals surface area contributed by atoms with E-state index in [4.69, 9.17) is 22.1 Å². The van der Waals surface area contributed by atoms with Gasteiger partial charge in [0.25, 0.3) is 0 Å². The molecule has 106 valence electrons. The normalized spacial score (nSPS) is 12.2. The number of hydrogen-bond acceptors (Lipinski definition) is 2. The van der Waals surface area contributed by atoms with E-state index in [1.807, 2.05) is 43.3 Å². The molecule has 1 atom stereocenters. The van der Waals surface area contributed by atoms with Crippen LogP contribution < -0.4 is 10.5 Å². The molecule has 0 amide bonds. The van der Waals surface area contributed by atoms with E-state index in [9.17, 15) is 0 Å². The molecule has 0 heterocycles. The van der Waals surface area contributed by atoms with Gasteiger partial charge in [-0.1, -0.05) is 49.5 Å². The summed E-state index contributed by atoms with van der Waals surface area (Å²) in [5.41, 5.74) is 7.87. The zero-order valence-electron chi connectivity index (χ0n) is 10.9. The standard InChI is InChI=1S/C15H14Br2ClNO/c1-9(19)13-6-11(16)4-5-15(13)20-8-10-2-3-12(17)7-14(10)18/h2-7,9H,8,19H2,1H3/t9-/m1/s1. The third-order valence-corrected chi connectivity index (χ3v) is 4.20. The van der Waals surface area contributed by atoms with Crippen LogP contribution in [0.2, 0.25) is 5.02 Å². The van der Waals surface area contributed by atoms with E-state index in [1.54, 1.807) is 0 Å². The molecule has 0 unspecified atom stereocenters. The van der Waals surface area contributed by atoms with Crippen LogP contribution in [0.5, 0.6) is 5.75 Å². The summed E-state index contributed by atoms with van der Waals surface area (Å²) in [5, 5.41) is 0.679. The van der Waals surface area contributed by atoms with Crippen LogP contribution in [0.4, 0.5) is 0 Å². The lowest BCUT2D eigenvalue weighted by atomic mass is 10.1. The molecule has 0 aliphatic carbocycles. The van der Waals surface area contributed by atoms with Gasteiger partial charge in [0.15, 0.2) is 0 Å². The molecule has 0 aromatic heterocycles. The number of benzene rings is 2. The molecule has 2 N–H and O–H groups in total. The molecule has 0 saturated carbocycles. The lowest BCUT2D eigenvalue weighted by Gasteiger charge is -2.15. The number of hydrogen-bond donors (Lipinski definition) is 1. The number of nitrogens with two attached hydrogens (primary N) is 1. The Bertz CT molecular complexity index is 617. The lowest BCUT2D eigenvalue weighted by molar-refractivity contribution is 0.301. The summed E-state index contributed by atoms with van der Waals surface area (Å²) < 4.78 is 7.79. The van der Waals surface area contributed by atoms with Crippen LogP contribution in [0.3, 0.4) is 0 Å². The number of ether oxygens (including phenoxy) is 1. The van der Waals surface area contributed by atoms with Crippen LogP contribution in [-0.2, 0) is 6.61 Å². The smallest absolute Gasteiger partial charge is 0.124 e. The monoisotopic (exact) mass is 417 g/mol. The highest BCUT2D eigenvalue weighted by molar-refractivity contribution is 9.10. The maximum Gasteiger partial charge on any atom is 0.124 e. The SMILES string of the molecule is C[C@@H](N)c1cc(Br)ccc1OCc1ccc(Br)cc1Cl. The molecule has 5 heteroatoms. The molecule has 2 nitrogen and oxygen atoms in total. The zero-order valence-corrected chi connectivity index (χ0v) is 14.8. The van der Waals surface area contributed by atoms with Crippen molar-refractivity contribution < 1.29 is 4.74 Å². The molecule has 2 rings (SSSR count). The Hall–Kier alpha value is -0.550. The predicted octanol–water partition coefficient (Wildman–Crippen LogP) is 5.46. The molecule has 0 spiro atoms. The maximum atomic E-state index is 6.18. The third kappa shape index (κ3) is 3.98. The average molecular weight is 420 g/mol. The van der Waals surface area contributed by atoms with Gasteiger partial charge in [-0.2, -0.15) is 0 Å². The fourth-order valence-corrected chi connectivity index (χ4v) is 2.91. The van der Waals surface area contributed by atoms with Crippen molar-refractivity contribution in [3.05, 3.63) is 61.5 Å². The van der Waals surface area contributed by atoms with Crippen molar-refractivity contribution in [2.24, 2.45) is 5.73 Å². The van der Waals surface area contributed by atoms with Crippen LogP contribution in [0.1, 0.15) is 24.1 Å². The second-order valence-corrected chi connectivity index (χ2v) is 6.73. The second kappa shape index (κ2) is 6.94. The van der Waals surface area contributed by atoms with Crippen molar-refractivity contribution in [1.82, 2.24) is 0 Å². The van der Waals surface area contributed by atoms with Crippen molar-refractivity contribution in [1.29, 1.82) is 0 Å². The number of rotatable bonds is 4. The minimum Gasteiger partial charge on any atom is -0.489 e. The van der Waals surface area contributed by atoms with Crippen molar-refractivity contribution in [3.63, 3.8) is 0 Å². The van der Waals surface area contributed by atoms with Gasteiger partial charge in [0.2, 0.25) is 0 Å². The van der Waals surface area contributed by atoms with Crippen molar-refractivity contribution in [2.45, 2.75) is 19.6 Å². The van der Waals surface area contributed by atoms with E-state index < -0.39 is 0 Å². The van der Waals surface area contributed by atoms with Gasteiger partial charge in [0.05, 0.1) is 0 Å². The molecule has 0 aliphatic heterocycles. The molecular weight excluding hydrogens is 405 g/mol. The molecule has 20 heavy (non-hydrogen) atoms. The highest BCUT2D eigenvalue weighted by atomic mass is 79.9. The fraction of sp³-hybridized carbons (Fsp3) is 0.200. The van der Waals surface area contributed by atoms with Crippen LogP contribution in [0, 0.1) is 0 Å². The van der Waals surface area contributed by atoms with Gasteiger partial charge in [0.1, 0.15) is 12.4 Å². The minimum atomic E-state index is -0.0945. The first-order chi connectivity index (χ1) is 9.47. The molecule has 0 radical (unpaired) electrons. The fourth-order valence-electron chi connectivity index (χ4n) is 1.80. The van der Waals surface area contributed by atoms with Crippen molar-refractivity contribution >= 4 is 43.5 Å². The summed E-state index contributed by atoms with van der Waals surface area (Å²) in [7, 11) is 0. The second-order valence-electron chi connectivity index (χ2n) is 4.50. The molecular formula is C15H14Br2ClNO. The Balaban J connectivity index is 2.18. The van der Waals surface area contributed by atoms with E-state index >= 15 is 0 Å². The molecule has 0 saturated heterocycles. The Kier molecular flexibility index (Phi) is 5.49. The van der Waals surface area contributed by atoms with Gasteiger partial charge in [-0.25, -0.2) is 0 Å². The Morgan fingerprint density at radius 1 is 1.15 bits per heavy atom. The Labute approximate surface area is 140 Å². The summed E-state index contributed by atoms with van der Waals surface area (Å²) in [4.78, 5) is 0. The largest absolute Gasteiger partial charge is 0.489 e. The van der Waals surface area contributed by atoms with E-state index in [0.29, 0.717) is 11.6 Å². The van der Waals surface area contributed by atoms with Crippen LogP contribution in [0.25, 0.3) is 0 Å². The molecule has 0 aliphatic rings. The minimum absolute atomic E-state index is 0.0945. The highest BCUT2D eigenvalue weighted by Crippen LogP contribution is 2.29. The summed E-state index contributed by atoms with van der Waals surface area (Å²) >= 11 is 13.0. The zero-order chi connectivity index (χ0) is 14.7. The van der Waals surface area contributed by atoms with Crippen molar-refractivity contribution in [2.75, 3.05) is 0 Å². The van der Waals surface area contributed by atoms with Gasteiger partial charge in [-0.15, -0.1) is 0 Å². The van der Waals surface area contributed by atoms with E-state index in [0.717, 1.165) is 25.8 Å². The summed E-state index contributed by atoms with van der Waals surface area (Å²) in [6.07, 6.45) is 0. The molecule has 2 aromatic carbocycles. The summed E-state index contributed by atoms with van der Waals surface area (Å²) in [6, 6.07) is 11.5. The van der Waals surface area contributed by atoms with E-state index in [1.165, 1.54) is 0 Å². The van der Waals surface area contributed by atoms with Gasteiger partial charge in [0, 0.05) is 31.1 Å². The van der Waals surface area contributed by atoms with Gasteiger partial charge < -0.3 is 10.5 Å². The van der Waals surface area contributed by atoms with Gasteiger partial charge in [-0.3, -0.25) is 0 Å². The van der Waals surface area contributed by atoms with Crippen LogP contribution >= 0.6 is 43.5 Å².